The molecular weight excluding hydrogens is 380 g/mol. The lowest BCUT2D eigenvalue weighted by Gasteiger charge is -2.36. The predicted molar refractivity (Wildman–Crippen MR) is 112 cm³/mol. The van der Waals surface area contributed by atoms with Gasteiger partial charge >= 0.3 is 0 Å². The number of halogens is 1. The third-order valence-corrected chi connectivity index (χ3v) is 6.13. The zero-order valence-electron chi connectivity index (χ0n) is 15.1. The van der Waals surface area contributed by atoms with Crippen LogP contribution in [0, 0.1) is 0 Å². The number of rotatable bonds is 4. The monoisotopic (exact) mass is 400 g/mol. The first-order chi connectivity index (χ1) is 13.1. The highest BCUT2D eigenvalue weighted by Gasteiger charge is 2.22. The molecule has 0 atom stereocenters. The number of amides is 1. The van der Waals surface area contributed by atoms with Crippen molar-refractivity contribution in [1.29, 1.82) is 0 Å². The van der Waals surface area contributed by atoms with Gasteiger partial charge in [-0.25, -0.2) is 4.98 Å². The number of carbonyl (C=O) groups is 1. The second kappa shape index (κ2) is 7.82. The Balaban J connectivity index is 1.33. The van der Waals surface area contributed by atoms with Crippen molar-refractivity contribution in [1.82, 2.24) is 14.5 Å². The molecule has 1 fully saturated rings. The zero-order chi connectivity index (χ0) is 18.8. The molecule has 5 nitrogen and oxygen atoms in total. The van der Waals surface area contributed by atoms with E-state index in [-0.39, 0.29) is 5.91 Å². The maximum atomic E-state index is 12.6. The molecule has 0 spiro atoms. The number of thioether (sulfide) groups is 1. The minimum absolute atomic E-state index is 0.165. The second-order valence-electron chi connectivity index (χ2n) is 6.58. The molecule has 0 unspecified atom stereocenters. The normalized spacial score (nSPS) is 14.7. The molecule has 2 heterocycles. The maximum Gasteiger partial charge on any atom is 0.233 e. The molecule has 4 rings (SSSR count). The molecule has 1 aliphatic rings. The van der Waals surface area contributed by atoms with Crippen LogP contribution in [0.25, 0.3) is 11.0 Å². The lowest BCUT2D eigenvalue weighted by Crippen LogP contribution is -2.49. The fourth-order valence-corrected chi connectivity index (χ4v) is 4.43. The highest BCUT2D eigenvalue weighted by atomic mass is 35.5. The van der Waals surface area contributed by atoms with Gasteiger partial charge < -0.3 is 14.4 Å². The van der Waals surface area contributed by atoms with Crippen molar-refractivity contribution in [2.75, 3.05) is 36.8 Å². The van der Waals surface area contributed by atoms with Crippen LogP contribution in [0.5, 0.6) is 0 Å². The second-order valence-corrected chi connectivity index (χ2v) is 7.96. The summed E-state index contributed by atoms with van der Waals surface area (Å²) < 4.78 is 2.05. The Morgan fingerprint density at radius 3 is 2.63 bits per heavy atom. The first-order valence-electron chi connectivity index (χ1n) is 8.94. The Morgan fingerprint density at radius 2 is 1.89 bits per heavy atom. The fraction of sp³-hybridized carbons (Fsp3) is 0.300. The Morgan fingerprint density at radius 1 is 1.11 bits per heavy atom. The smallest absolute Gasteiger partial charge is 0.233 e. The number of piperazine rings is 1. The molecule has 1 aromatic heterocycles. The van der Waals surface area contributed by atoms with Gasteiger partial charge in [0.05, 0.1) is 16.8 Å². The number of anilines is 1. The molecule has 140 valence electrons. The van der Waals surface area contributed by atoms with E-state index in [2.05, 4.69) is 16.0 Å². The van der Waals surface area contributed by atoms with Crippen LogP contribution < -0.4 is 4.90 Å². The van der Waals surface area contributed by atoms with Gasteiger partial charge in [0.15, 0.2) is 5.16 Å². The molecule has 0 N–H and O–H groups in total. The first kappa shape index (κ1) is 18.2. The average molecular weight is 401 g/mol. The third-order valence-electron chi connectivity index (χ3n) is 4.88. The zero-order valence-corrected chi connectivity index (χ0v) is 16.7. The molecule has 0 aliphatic carbocycles. The molecule has 0 bridgehead atoms. The Bertz CT molecular complexity index is 966. The number of aryl methyl sites for hydroxylation is 1. The number of hydrogen-bond donors (Lipinski definition) is 0. The lowest BCUT2D eigenvalue weighted by atomic mass is 10.2. The molecule has 1 aliphatic heterocycles. The van der Waals surface area contributed by atoms with Crippen molar-refractivity contribution in [3.05, 3.63) is 53.6 Å². The minimum Gasteiger partial charge on any atom is -0.368 e. The van der Waals surface area contributed by atoms with Crippen LogP contribution in [0.3, 0.4) is 0 Å². The molecule has 7 heteroatoms. The van der Waals surface area contributed by atoms with Gasteiger partial charge in [-0.3, -0.25) is 4.79 Å². The largest absolute Gasteiger partial charge is 0.368 e. The standard InChI is InChI=1S/C20H21ClN4OS/c1-23-18-8-3-2-7-17(18)22-20(23)27-14-19(26)25-11-9-24(10-12-25)16-6-4-5-15(21)13-16/h2-8,13H,9-12,14H2,1H3. The van der Waals surface area contributed by atoms with Crippen LogP contribution in [-0.4, -0.2) is 52.3 Å². The van der Waals surface area contributed by atoms with E-state index in [4.69, 9.17) is 11.6 Å². The summed E-state index contributed by atoms with van der Waals surface area (Å²) in [6, 6.07) is 15.9. The van der Waals surface area contributed by atoms with Crippen LogP contribution in [0.1, 0.15) is 0 Å². The van der Waals surface area contributed by atoms with Gasteiger partial charge in [0.1, 0.15) is 0 Å². The average Bonchev–Trinajstić information content (AvgIpc) is 3.02. The van der Waals surface area contributed by atoms with E-state index in [9.17, 15) is 4.79 Å². The van der Waals surface area contributed by atoms with E-state index in [1.165, 1.54) is 11.8 Å². The van der Waals surface area contributed by atoms with Gasteiger partial charge in [-0.15, -0.1) is 0 Å². The van der Waals surface area contributed by atoms with Crippen LogP contribution in [0.4, 0.5) is 5.69 Å². The van der Waals surface area contributed by atoms with Gasteiger partial charge in [0, 0.05) is 43.9 Å². The highest BCUT2D eigenvalue weighted by molar-refractivity contribution is 7.99. The topological polar surface area (TPSA) is 41.4 Å². The summed E-state index contributed by atoms with van der Waals surface area (Å²) in [5.74, 6) is 0.576. The van der Waals surface area contributed by atoms with E-state index in [0.29, 0.717) is 5.75 Å². The predicted octanol–water partition coefficient (Wildman–Crippen LogP) is 3.67. The molecule has 0 saturated carbocycles. The van der Waals surface area contributed by atoms with E-state index < -0.39 is 0 Å². The van der Waals surface area contributed by atoms with E-state index in [1.54, 1.807) is 0 Å². The summed E-state index contributed by atoms with van der Waals surface area (Å²) >= 11 is 7.59. The number of imidazole rings is 1. The Kier molecular flexibility index (Phi) is 5.27. The van der Waals surface area contributed by atoms with E-state index >= 15 is 0 Å². The minimum atomic E-state index is 0.165. The summed E-state index contributed by atoms with van der Waals surface area (Å²) in [5.41, 5.74) is 3.16. The first-order valence-corrected chi connectivity index (χ1v) is 10.3. The van der Waals surface area contributed by atoms with Crippen molar-refractivity contribution in [3.8, 4) is 0 Å². The number of carbonyl (C=O) groups excluding carboxylic acids is 1. The van der Waals surface area contributed by atoms with Crippen molar-refractivity contribution >= 4 is 46.0 Å². The molecule has 1 amide bonds. The molecule has 2 aromatic carbocycles. The number of nitrogens with zero attached hydrogens (tertiary/aromatic N) is 4. The molecule has 3 aromatic rings. The number of aromatic nitrogens is 2. The van der Waals surface area contributed by atoms with Crippen molar-refractivity contribution in [2.24, 2.45) is 7.05 Å². The third kappa shape index (κ3) is 3.92. The molecule has 1 saturated heterocycles. The number of para-hydroxylation sites is 2. The quantitative estimate of drug-likeness (QED) is 0.626. The summed E-state index contributed by atoms with van der Waals surface area (Å²) in [6.07, 6.45) is 0. The maximum absolute atomic E-state index is 12.6. The number of hydrogen-bond acceptors (Lipinski definition) is 4. The molecular formula is C20H21ClN4OS. The van der Waals surface area contributed by atoms with Gasteiger partial charge in [0.25, 0.3) is 0 Å². The van der Waals surface area contributed by atoms with Crippen LogP contribution in [-0.2, 0) is 11.8 Å². The van der Waals surface area contributed by atoms with Crippen molar-refractivity contribution in [3.63, 3.8) is 0 Å². The summed E-state index contributed by atoms with van der Waals surface area (Å²) in [7, 11) is 1.99. The van der Waals surface area contributed by atoms with Gasteiger partial charge in [-0.05, 0) is 30.3 Å². The Hall–Kier alpha value is -2.18. The SMILES string of the molecule is Cn1c(SCC(=O)N2CCN(c3cccc(Cl)c3)CC2)nc2ccccc21. The van der Waals surface area contributed by atoms with E-state index in [1.807, 2.05) is 59.0 Å². The summed E-state index contributed by atoms with van der Waals surface area (Å²) in [4.78, 5) is 21.5. The van der Waals surface area contributed by atoms with Crippen LogP contribution >= 0.6 is 23.4 Å². The molecule has 27 heavy (non-hydrogen) atoms. The van der Waals surface area contributed by atoms with Crippen molar-refractivity contribution < 1.29 is 4.79 Å². The fourth-order valence-electron chi connectivity index (χ4n) is 3.36. The summed E-state index contributed by atoms with van der Waals surface area (Å²) in [5, 5.41) is 1.62. The number of fused-ring (bicyclic) bond motifs is 1. The molecule has 0 radical (unpaired) electrons. The van der Waals surface area contributed by atoms with E-state index in [0.717, 1.165) is 53.1 Å². The lowest BCUT2D eigenvalue weighted by molar-refractivity contribution is -0.128. The number of benzene rings is 2. The highest BCUT2D eigenvalue weighted by Crippen LogP contribution is 2.24. The van der Waals surface area contributed by atoms with Gasteiger partial charge in [-0.2, -0.15) is 0 Å². The van der Waals surface area contributed by atoms with Gasteiger partial charge in [0.2, 0.25) is 5.91 Å². The van der Waals surface area contributed by atoms with Gasteiger partial charge in [-0.1, -0.05) is 41.6 Å². The van der Waals surface area contributed by atoms with Crippen LogP contribution in [0.15, 0.2) is 53.7 Å². The van der Waals surface area contributed by atoms with Crippen LogP contribution in [0.2, 0.25) is 5.02 Å². The summed E-state index contributed by atoms with van der Waals surface area (Å²) in [6.45, 7) is 3.11. The Labute approximate surface area is 167 Å². The van der Waals surface area contributed by atoms with Crippen molar-refractivity contribution in [2.45, 2.75) is 5.16 Å².